The van der Waals surface area contributed by atoms with E-state index in [1.165, 1.54) is 0 Å². The van der Waals surface area contributed by atoms with E-state index in [9.17, 15) is 9.59 Å². The van der Waals surface area contributed by atoms with E-state index in [-0.39, 0.29) is 11.8 Å². The molecule has 0 heterocycles. The SMILES string of the molecule is CCN(Cc1ccccc1)C(=O)CCN(CCN(C)C)C(C)=O. The van der Waals surface area contributed by atoms with Crippen molar-refractivity contribution in [3.05, 3.63) is 35.9 Å². The lowest BCUT2D eigenvalue weighted by atomic mass is 10.2. The molecule has 5 heteroatoms. The van der Waals surface area contributed by atoms with E-state index in [1.807, 2.05) is 61.2 Å². The Balaban J connectivity index is 2.52. The Kier molecular flexibility index (Phi) is 8.33. The van der Waals surface area contributed by atoms with E-state index in [0.717, 1.165) is 12.1 Å². The van der Waals surface area contributed by atoms with Gasteiger partial charge in [0.15, 0.2) is 0 Å². The second kappa shape index (κ2) is 10.0. The Morgan fingerprint density at radius 2 is 1.61 bits per heavy atom. The first-order valence-corrected chi connectivity index (χ1v) is 8.16. The molecule has 0 aliphatic carbocycles. The maximum Gasteiger partial charge on any atom is 0.224 e. The smallest absolute Gasteiger partial charge is 0.224 e. The fourth-order valence-electron chi connectivity index (χ4n) is 2.32. The van der Waals surface area contributed by atoms with E-state index in [0.29, 0.717) is 32.6 Å². The number of nitrogens with zero attached hydrogens (tertiary/aromatic N) is 3. The van der Waals surface area contributed by atoms with E-state index < -0.39 is 0 Å². The minimum absolute atomic E-state index is 0.0192. The van der Waals surface area contributed by atoms with Crippen molar-refractivity contribution in [1.82, 2.24) is 14.7 Å². The lowest BCUT2D eigenvalue weighted by molar-refractivity contribution is -0.133. The van der Waals surface area contributed by atoms with Crippen LogP contribution < -0.4 is 0 Å². The van der Waals surface area contributed by atoms with Crippen LogP contribution in [0.2, 0.25) is 0 Å². The molecule has 0 aliphatic heterocycles. The Labute approximate surface area is 139 Å². The molecular weight excluding hydrogens is 290 g/mol. The molecule has 1 aromatic rings. The molecule has 0 fully saturated rings. The molecule has 0 aliphatic rings. The third kappa shape index (κ3) is 7.28. The predicted molar refractivity (Wildman–Crippen MR) is 93.0 cm³/mol. The van der Waals surface area contributed by atoms with Crippen LogP contribution in [-0.4, -0.2) is 66.8 Å². The molecule has 0 bridgehead atoms. The summed E-state index contributed by atoms with van der Waals surface area (Å²) in [5.74, 6) is 0.109. The first-order valence-electron chi connectivity index (χ1n) is 8.16. The Hall–Kier alpha value is -1.88. The van der Waals surface area contributed by atoms with Gasteiger partial charge in [-0.15, -0.1) is 0 Å². The number of rotatable bonds is 9. The molecule has 2 amide bonds. The van der Waals surface area contributed by atoms with Crippen LogP contribution in [0.3, 0.4) is 0 Å². The van der Waals surface area contributed by atoms with Crippen molar-refractivity contribution in [3.63, 3.8) is 0 Å². The quantitative estimate of drug-likeness (QED) is 0.697. The summed E-state index contributed by atoms with van der Waals surface area (Å²) >= 11 is 0. The van der Waals surface area contributed by atoms with Gasteiger partial charge in [0, 0.05) is 46.1 Å². The lowest BCUT2D eigenvalue weighted by Crippen LogP contribution is -2.39. The van der Waals surface area contributed by atoms with Crippen molar-refractivity contribution in [2.75, 3.05) is 40.3 Å². The van der Waals surface area contributed by atoms with Crippen LogP contribution in [0.5, 0.6) is 0 Å². The van der Waals surface area contributed by atoms with E-state index in [1.54, 1.807) is 11.8 Å². The molecule has 0 atom stereocenters. The van der Waals surface area contributed by atoms with Crippen molar-refractivity contribution in [1.29, 1.82) is 0 Å². The minimum atomic E-state index is 0.0192. The van der Waals surface area contributed by atoms with Gasteiger partial charge in [-0.3, -0.25) is 9.59 Å². The highest BCUT2D eigenvalue weighted by atomic mass is 16.2. The fourth-order valence-corrected chi connectivity index (χ4v) is 2.32. The maximum absolute atomic E-state index is 12.4. The summed E-state index contributed by atoms with van der Waals surface area (Å²) in [7, 11) is 3.95. The number of carbonyl (C=O) groups is 2. The van der Waals surface area contributed by atoms with Crippen LogP contribution in [0.4, 0.5) is 0 Å². The largest absolute Gasteiger partial charge is 0.341 e. The molecule has 0 saturated heterocycles. The van der Waals surface area contributed by atoms with Gasteiger partial charge in [-0.25, -0.2) is 0 Å². The Bertz CT molecular complexity index is 488. The highest BCUT2D eigenvalue weighted by Crippen LogP contribution is 2.06. The maximum atomic E-state index is 12.4. The summed E-state index contributed by atoms with van der Waals surface area (Å²) in [5.41, 5.74) is 1.12. The van der Waals surface area contributed by atoms with Crippen LogP contribution in [0.25, 0.3) is 0 Å². The van der Waals surface area contributed by atoms with Crippen LogP contribution in [0, 0.1) is 0 Å². The van der Waals surface area contributed by atoms with Crippen LogP contribution in [-0.2, 0) is 16.1 Å². The molecule has 0 unspecified atom stereocenters. The van der Waals surface area contributed by atoms with Crippen molar-refractivity contribution in [3.8, 4) is 0 Å². The highest BCUT2D eigenvalue weighted by molar-refractivity contribution is 5.78. The predicted octanol–water partition coefficient (Wildman–Crippen LogP) is 1.84. The lowest BCUT2D eigenvalue weighted by Gasteiger charge is -2.25. The second-order valence-electron chi connectivity index (χ2n) is 5.95. The molecule has 1 aromatic carbocycles. The average Bonchev–Trinajstić information content (AvgIpc) is 2.52. The number of carbonyl (C=O) groups excluding carboxylic acids is 2. The van der Waals surface area contributed by atoms with Crippen LogP contribution in [0.15, 0.2) is 30.3 Å². The summed E-state index contributed by atoms with van der Waals surface area (Å²) < 4.78 is 0. The molecule has 0 radical (unpaired) electrons. The Morgan fingerprint density at radius 1 is 0.957 bits per heavy atom. The van der Waals surface area contributed by atoms with Crippen molar-refractivity contribution in [2.24, 2.45) is 0 Å². The molecular formula is C18H29N3O2. The van der Waals surface area contributed by atoms with Gasteiger partial charge in [0.25, 0.3) is 0 Å². The molecule has 1 rings (SSSR count). The number of benzene rings is 1. The molecule has 23 heavy (non-hydrogen) atoms. The first-order chi connectivity index (χ1) is 10.9. The summed E-state index contributed by atoms with van der Waals surface area (Å²) in [6, 6.07) is 9.97. The summed E-state index contributed by atoms with van der Waals surface area (Å²) in [6.45, 7) is 6.76. The van der Waals surface area contributed by atoms with E-state index in [2.05, 4.69) is 0 Å². The minimum Gasteiger partial charge on any atom is -0.341 e. The molecule has 5 nitrogen and oxygen atoms in total. The number of hydrogen-bond donors (Lipinski definition) is 0. The molecule has 0 aromatic heterocycles. The number of amides is 2. The van der Waals surface area contributed by atoms with Crippen molar-refractivity contribution < 1.29 is 9.59 Å². The van der Waals surface area contributed by atoms with Crippen LogP contribution >= 0.6 is 0 Å². The molecule has 128 valence electrons. The normalized spacial score (nSPS) is 10.7. The monoisotopic (exact) mass is 319 g/mol. The van der Waals surface area contributed by atoms with Crippen molar-refractivity contribution >= 4 is 11.8 Å². The molecule has 0 saturated carbocycles. The van der Waals surface area contributed by atoms with Gasteiger partial charge < -0.3 is 14.7 Å². The zero-order chi connectivity index (χ0) is 17.2. The summed E-state index contributed by atoms with van der Waals surface area (Å²) in [6.07, 6.45) is 0.369. The first kappa shape index (κ1) is 19.2. The van der Waals surface area contributed by atoms with Gasteiger partial charge in [0.1, 0.15) is 0 Å². The van der Waals surface area contributed by atoms with Gasteiger partial charge in [0.05, 0.1) is 0 Å². The standard InChI is InChI=1S/C18H29N3O2/c1-5-20(15-17-9-7-6-8-10-17)18(23)11-12-21(16(2)22)14-13-19(3)4/h6-10H,5,11-15H2,1-4H3. The summed E-state index contributed by atoms with van der Waals surface area (Å²) in [4.78, 5) is 29.7. The number of likely N-dealkylation sites (N-methyl/N-ethyl adjacent to an activating group) is 1. The van der Waals surface area contributed by atoms with E-state index >= 15 is 0 Å². The van der Waals surface area contributed by atoms with Gasteiger partial charge in [-0.2, -0.15) is 0 Å². The average molecular weight is 319 g/mol. The third-order valence-corrected chi connectivity index (χ3v) is 3.81. The van der Waals surface area contributed by atoms with E-state index in [4.69, 9.17) is 0 Å². The number of hydrogen-bond acceptors (Lipinski definition) is 3. The topological polar surface area (TPSA) is 43.9 Å². The van der Waals surface area contributed by atoms with Crippen LogP contribution in [0.1, 0.15) is 25.8 Å². The van der Waals surface area contributed by atoms with Gasteiger partial charge in [-0.1, -0.05) is 30.3 Å². The zero-order valence-electron chi connectivity index (χ0n) is 14.8. The summed E-state index contributed by atoms with van der Waals surface area (Å²) in [5, 5.41) is 0. The molecule has 0 spiro atoms. The van der Waals surface area contributed by atoms with Gasteiger partial charge >= 0.3 is 0 Å². The van der Waals surface area contributed by atoms with Gasteiger partial charge in [-0.05, 0) is 26.6 Å². The highest BCUT2D eigenvalue weighted by Gasteiger charge is 2.15. The molecule has 0 N–H and O–H groups in total. The van der Waals surface area contributed by atoms with Crippen molar-refractivity contribution in [2.45, 2.75) is 26.8 Å². The third-order valence-electron chi connectivity index (χ3n) is 3.81. The van der Waals surface area contributed by atoms with Gasteiger partial charge in [0.2, 0.25) is 11.8 Å². The zero-order valence-corrected chi connectivity index (χ0v) is 14.8. The Morgan fingerprint density at radius 3 is 2.13 bits per heavy atom. The second-order valence-corrected chi connectivity index (χ2v) is 5.95. The fraction of sp³-hybridized carbons (Fsp3) is 0.556.